The fraction of sp³-hybridized carbons (Fsp3) is 0.167. The van der Waals surface area contributed by atoms with Gasteiger partial charge in [0.15, 0.2) is 0 Å². The van der Waals surface area contributed by atoms with Crippen molar-refractivity contribution in [1.29, 1.82) is 0 Å². The monoisotopic (exact) mass is 230 g/mol. The van der Waals surface area contributed by atoms with E-state index in [0.717, 1.165) is 11.3 Å². The van der Waals surface area contributed by atoms with Crippen LogP contribution in [-0.2, 0) is 6.54 Å². The van der Waals surface area contributed by atoms with E-state index < -0.39 is 0 Å². The van der Waals surface area contributed by atoms with Crippen molar-refractivity contribution in [2.24, 2.45) is 0 Å². The summed E-state index contributed by atoms with van der Waals surface area (Å²) in [4.78, 5) is 8.21. The Morgan fingerprint density at radius 1 is 1.35 bits per heavy atom. The Kier molecular flexibility index (Phi) is 3.40. The number of rotatable bonds is 4. The molecule has 2 rings (SSSR count). The normalized spacial score (nSPS) is 9.94. The van der Waals surface area contributed by atoms with E-state index in [-0.39, 0.29) is 0 Å². The topological polar surface area (TPSA) is 73.1 Å². The summed E-state index contributed by atoms with van der Waals surface area (Å²) >= 11 is 0. The molecular weight excluding hydrogens is 216 g/mol. The Hall–Kier alpha value is -2.30. The lowest BCUT2D eigenvalue weighted by Crippen LogP contribution is -2.03. The van der Waals surface area contributed by atoms with Gasteiger partial charge in [-0.1, -0.05) is 12.1 Å². The predicted octanol–water partition coefficient (Wildman–Crippen LogP) is 1.68. The molecule has 1 aromatic carbocycles. The minimum Gasteiger partial charge on any atom is -0.480 e. The van der Waals surface area contributed by atoms with Crippen LogP contribution in [0.3, 0.4) is 0 Å². The van der Waals surface area contributed by atoms with Gasteiger partial charge < -0.3 is 15.8 Å². The van der Waals surface area contributed by atoms with Gasteiger partial charge in [0.25, 0.3) is 0 Å². The van der Waals surface area contributed by atoms with Crippen LogP contribution in [-0.4, -0.2) is 17.1 Å². The number of nitrogen functional groups attached to an aromatic ring is 1. The van der Waals surface area contributed by atoms with E-state index in [4.69, 9.17) is 10.5 Å². The summed E-state index contributed by atoms with van der Waals surface area (Å²) in [5.41, 5.74) is 7.54. The highest BCUT2D eigenvalue weighted by Crippen LogP contribution is 2.11. The third-order valence-corrected chi connectivity index (χ3v) is 2.25. The van der Waals surface area contributed by atoms with Crippen LogP contribution in [0.2, 0.25) is 0 Å². The van der Waals surface area contributed by atoms with Gasteiger partial charge >= 0.3 is 0 Å². The second-order valence-corrected chi connectivity index (χ2v) is 3.55. The zero-order chi connectivity index (χ0) is 12.1. The molecule has 0 spiro atoms. The number of hydrogen-bond donors (Lipinski definition) is 2. The summed E-state index contributed by atoms with van der Waals surface area (Å²) in [5.74, 6) is 1.16. The van der Waals surface area contributed by atoms with Crippen molar-refractivity contribution in [3.63, 3.8) is 0 Å². The van der Waals surface area contributed by atoms with Gasteiger partial charge in [0.1, 0.15) is 5.82 Å². The minimum atomic E-state index is 0.488. The van der Waals surface area contributed by atoms with Gasteiger partial charge in [-0.15, -0.1) is 0 Å². The molecule has 0 radical (unpaired) electrons. The van der Waals surface area contributed by atoms with Gasteiger partial charge in [-0.2, -0.15) is 4.98 Å². The molecule has 3 N–H and O–H groups in total. The fourth-order valence-electron chi connectivity index (χ4n) is 1.43. The van der Waals surface area contributed by atoms with E-state index in [0.29, 0.717) is 18.2 Å². The molecule has 88 valence electrons. The van der Waals surface area contributed by atoms with Crippen molar-refractivity contribution in [2.45, 2.75) is 6.54 Å². The van der Waals surface area contributed by atoms with Crippen LogP contribution < -0.4 is 15.8 Å². The molecule has 0 unspecified atom stereocenters. The number of hydrogen-bond acceptors (Lipinski definition) is 5. The molecule has 1 aromatic heterocycles. The molecule has 0 atom stereocenters. The van der Waals surface area contributed by atoms with E-state index in [2.05, 4.69) is 15.3 Å². The van der Waals surface area contributed by atoms with Crippen LogP contribution >= 0.6 is 0 Å². The zero-order valence-electron chi connectivity index (χ0n) is 9.55. The Morgan fingerprint density at radius 3 is 3.00 bits per heavy atom. The molecule has 0 aliphatic rings. The highest BCUT2D eigenvalue weighted by molar-refractivity contribution is 5.42. The maximum atomic E-state index is 5.70. The Balaban J connectivity index is 2.02. The highest BCUT2D eigenvalue weighted by Gasteiger charge is 1.98. The SMILES string of the molecule is COc1cncc(NCc2cccc(N)c2)n1. The van der Waals surface area contributed by atoms with E-state index in [1.165, 1.54) is 0 Å². The minimum absolute atomic E-state index is 0.488. The number of aromatic nitrogens is 2. The van der Waals surface area contributed by atoms with Crippen LogP contribution in [0.4, 0.5) is 11.5 Å². The molecule has 0 amide bonds. The number of methoxy groups -OCH3 is 1. The third-order valence-electron chi connectivity index (χ3n) is 2.25. The molecule has 0 saturated carbocycles. The Labute approximate surface area is 99.7 Å². The Morgan fingerprint density at radius 2 is 2.24 bits per heavy atom. The largest absolute Gasteiger partial charge is 0.480 e. The first-order valence-electron chi connectivity index (χ1n) is 5.22. The maximum absolute atomic E-state index is 5.70. The Bertz CT molecular complexity index is 501. The number of nitrogens with two attached hydrogens (primary N) is 1. The van der Waals surface area contributed by atoms with Crippen molar-refractivity contribution < 1.29 is 4.74 Å². The molecule has 2 aromatic rings. The first kappa shape index (κ1) is 11.2. The molecule has 5 heteroatoms. The van der Waals surface area contributed by atoms with Crippen LogP contribution in [0, 0.1) is 0 Å². The maximum Gasteiger partial charge on any atom is 0.233 e. The number of nitrogens with zero attached hydrogens (tertiary/aromatic N) is 2. The van der Waals surface area contributed by atoms with Gasteiger partial charge in [0.05, 0.1) is 19.5 Å². The third kappa shape index (κ3) is 3.07. The number of anilines is 2. The lowest BCUT2D eigenvalue weighted by Gasteiger charge is -2.06. The quantitative estimate of drug-likeness (QED) is 0.782. The molecular formula is C12H14N4O. The van der Waals surface area contributed by atoms with Gasteiger partial charge in [-0.25, -0.2) is 0 Å². The van der Waals surface area contributed by atoms with Gasteiger partial charge in [-0.05, 0) is 17.7 Å². The van der Waals surface area contributed by atoms with Crippen molar-refractivity contribution in [2.75, 3.05) is 18.2 Å². The lowest BCUT2D eigenvalue weighted by atomic mass is 10.2. The van der Waals surface area contributed by atoms with Crippen molar-refractivity contribution in [3.05, 3.63) is 42.2 Å². The molecule has 0 aliphatic carbocycles. The second kappa shape index (κ2) is 5.16. The van der Waals surface area contributed by atoms with E-state index in [1.807, 2.05) is 24.3 Å². The zero-order valence-corrected chi connectivity index (χ0v) is 9.55. The van der Waals surface area contributed by atoms with Crippen LogP contribution in [0.15, 0.2) is 36.7 Å². The summed E-state index contributed by atoms with van der Waals surface area (Å²) in [6.07, 6.45) is 3.21. The summed E-state index contributed by atoms with van der Waals surface area (Å²) in [7, 11) is 1.56. The average Bonchev–Trinajstić information content (AvgIpc) is 2.37. The van der Waals surface area contributed by atoms with Gasteiger partial charge in [0.2, 0.25) is 5.88 Å². The van der Waals surface area contributed by atoms with E-state index in [9.17, 15) is 0 Å². The molecule has 5 nitrogen and oxygen atoms in total. The fourth-order valence-corrected chi connectivity index (χ4v) is 1.43. The summed E-state index contributed by atoms with van der Waals surface area (Å²) in [5, 5.41) is 3.15. The van der Waals surface area contributed by atoms with E-state index >= 15 is 0 Å². The number of ether oxygens (including phenoxy) is 1. The van der Waals surface area contributed by atoms with Gasteiger partial charge in [0, 0.05) is 12.2 Å². The van der Waals surface area contributed by atoms with Crippen LogP contribution in [0.5, 0.6) is 5.88 Å². The molecule has 0 fully saturated rings. The summed E-state index contributed by atoms with van der Waals surface area (Å²) in [6, 6.07) is 7.69. The molecule has 1 heterocycles. The van der Waals surface area contributed by atoms with Crippen LogP contribution in [0.1, 0.15) is 5.56 Å². The van der Waals surface area contributed by atoms with Crippen LogP contribution in [0.25, 0.3) is 0 Å². The standard InChI is InChI=1S/C12H14N4O/c1-17-12-8-14-7-11(16-12)15-6-9-3-2-4-10(13)5-9/h2-5,7-8H,6,13H2,1H3,(H,15,16). The first-order valence-corrected chi connectivity index (χ1v) is 5.22. The molecule has 0 saturated heterocycles. The number of nitrogens with one attached hydrogen (secondary N) is 1. The molecule has 0 bridgehead atoms. The predicted molar refractivity (Wildman–Crippen MR) is 66.8 cm³/mol. The van der Waals surface area contributed by atoms with Crippen molar-refractivity contribution in [3.8, 4) is 5.88 Å². The summed E-state index contributed by atoms with van der Waals surface area (Å²) in [6.45, 7) is 0.646. The smallest absolute Gasteiger partial charge is 0.233 e. The van der Waals surface area contributed by atoms with Crippen molar-refractivity contribution >= 4 is 11.5 Å². The van der Waals surface area contributed by atoms with Crippen molar-refractivity contribution in [1.82, 2.24) is 9.97 Å². The van der Waals surface area contributed by atoms with Gasteiger partial charge in [-0.3, -0.25) is 4.98 Å². The summed E-state index contributed by atoms with van der Waals surface area (Å²) < 4.78 is 4.99. The van der Waals surface area contributed by atoms with E-state index in [1.54, 1.807) is 19.5 Å². The first-order chi connectivity index (χ1) is 8.28. The lowest BCUT2D eigenvalue weighted by molar-refractivity contribution is 0.396. The molecule has 17 heavy (non-hydrogen) atoms. The second-order valence-electron chi connectivity index (χ2n) is 3.55. The molecule has 0 aliphatic heterocycles. The number of benzene rings is 1. The highest BCUT2D eigenvalue weighted by atomic mass is 16.5. The average molecular weight is 230 g/mol.